The number of carbonyl (C=O) groups excluding carboxylic acids is 1. The highest BCUT2D eigenvalue weighted by molar-refractivity contribution is 6.17. The van der Waals surface area contributed by atoms with Gasteiger partial charge < -0.3 is 4.74 Å². The van der Waals surface area contributed by atoms with E-state index in [1.54, 1.807) is 0 Å². The lowest BCUT2D eigenvalue weighted by atomic mass is 10.1. The van der Waals surface area contributed by atoms with Crippen molar-refractivity contribution in [1.82, 2.24) is 0 Å². The highest BCUT2D eigenvalue weighted by atomic mass is 35.5. The van der Waals surface area contributed by atoms with E-state index in [1.165, 1.54) is 0 Å². The summed E-state index contributed by atoms with van der Waals surface area (Å²) in [6.45, 7) is 7.65. The van der Waals surface area contributed by atoms with Gasteiger partial charge in [-0.1, -0.05) is 42.5 Å². The average Bonchev–Trinajstić information content (AvgIpc) is 2.49. The number of ether oxygens (including phenoxy) is 1. The molecule has 0 aliphatic carbocycles. The molecule has 0 radical (unpaired) electrons. The van der Waals surface area contributed by atoms with Gasteiger partial charge in [0.15, 0.2) is 0 Å². The van der Waals surface area contributed by atoms with Gasteiger partial charge in [0.25, 0.3) is 0 Å². The molecule has 21 heavy (non-hydrogen) atoms. The standard InChI is InChI=1S/C18H17ClO2/c1-12-7-8-13(2)17(9-12)18(20)21-14(3)16-6-4-5-15(10-16)11-19/h4-10H,3,11H2,1-2H3. The van der Waals surface area contributed by atoms with Crippen molar-refractivity contribution >= 4 is 23.3 Å². The molecule has 2 aromatic rings. The van der Waals surface area contributed by atoms with Crippen molar-refractivity contribution < 1.29 is 9.53 Å². The molecular formula is C18H17ClO2. The lowest BCUT2D eigenvalue weighted by Gasteiger charge is -2.10. The van der Waals surface area contributed by atoms with Gasteiger partial charge in [-0.15, -0.1) is 11.6 Å². The van der Waals surface area contributed by atoms with Gasteiger partial charge in [-0.2, -0.15) is 0 Å². The quantitative estimate of drug-likeness (QED) is 0.457. The molecule has 0 aliphatic rings. The minimum Gasteiger partial charge on any atom is -0.423 e. The number of benzene rings is 2. The molecule has 0 atom stereocenters. The molecule has 0 unspecified atom stereocenters. The Balaban J connectivity index is 2.18. The Kier molecular flexibility index (Phi) is 4.81. The van der Waals surface area contributed by atoms with E-state index in [0.29, 0.717) is 17.2 Å². The van der Waals surface area contributed by atoms with Crippen molar-refractivity contribution in [3.05, 3.63) is 76.9 Å². The third kappa shape index (κ3) is 3.73. The van der Waals surface area contributed by atoms with E-state index >= 15 is 0 Å². The van der Waals surface area contributed by atoms with Crippen LogP contribution < -0.4 is 0 Å². The molecule has 2 rings (SSSR count). The summed E-state index contributed by atoms with van der Waals surface area (Å²) < 4.78 is 5.38. The van der Waals surface area contributed by atoms with Gasteiger partial charge in [-0.3, -0.25) is 0 Å². The summed E-state index contributed by atoms with van der Waals surface area (Å²) in [7, 11) is 0. The van der Waals surface area contributed by atoms with E-state index in [4.69, 9.17) is 16.3 Å². The minimum absolute atomic E-state index is 0.327. The molecule has 108 valence electrons. The number of hydrogen-bond donors (Lipinski definition) is 0. The van der Waals surface area contributed by atoms with Crippen molar-refractivity contribution in [2.45, 2.75) is 19.7 Å². The molecule has 0 bridgehead atoms. The van der Waals surface area contributed by atoms with Crippen molar-refractivity contribution in [2.75, 3.05) is 0 Å². The Hall–Kier alpha value is -2.06. The van der Waals surface area contributed by atoms with Crippen LogP contribution in [0.2, 0.25) is 0 Å². The third-order valence-electron chi connectivity index (χ3n) is 3.23. The van der Waals surface area contributed by atoms with E-state index in [9.17, 15) is 4.79 Å². The van der Waals surface area contributed by atoms with Crippen LogP contribution in [0.15, 0.2) is 49.0 Å². The van der Waals surface area contributed by atoms with E-state index in [1.807, 2.05) is 56.3 Å². The fourth-order valence-corrected chi connectivity index (χ4v) is 2.18. The molecule has 0 saturated carbocycles. The second-order valence-electron chi connectivity index (χ2n) is 4.97. The topological polar surface area (TPSA) is 26.3 Å². The fourth-order valence-electron chi connectivity index (χ4n) is 2.01. The van der Waals surface area contributed by atoms with Gasteiger partial charge in [0.1, 0.15) is 5.76 Å². The van der Waals surface area contributed by atoms with Gasteiger partial charge in [-0.05, 0) is 37.1 Å². The molecule has 2 aromatic carbocycles. The molecule has 0 aliphatic heterocycles. The summed E-state index contributed by atoms with van der Waals surface area (Å²) in [5.74, 6) is 0.344. The van der Waals surface area contributed by atoms with Crippen LogP contribution in [0.1, 0.15) is 32.6 Å². The Labute approximate surface area is 130 Å². The van der Waals surface area contributed by atoms with Crippen molar-refractivity contribution in [3.63, 3.8) is 0 Å². The molecule has 0 aromatic heterocycles. The average molecular weight is 301 g/mol. The lowest BCUT2D eigenvalue weighted by Crippen LogP contribution is -2.06. The first kappa shape index (κ1) is 15.3. The van der Waals surface area contributed by atoms with Crippen LogP contribution in [0, 0.1) is 13.8 Å². The maximum absolute atomic E-state index is 12.2. The Morgan fingerprint density at radius 2 is 1.95 bits per heavy atom. The van der Waals surface area contributed by atoms with E-state index in [0.717, 1.165) is 22.3 Å². The molecular weight excluding hydrogens is 284 g/mol. The van der Waals surface area contributed by atoms with Crippen LogP contribution >= 0.6 is 11.6 Å². The van der Waals surface area contributed by atoms with Crippen molar-refractivity contribution in [1.29, 1.82) is 0 Å². The maximum Gasteiger partial charge on any atom is 0.343 e. The number of rotatable bonds is 4. The van der Waals surface area contributed by atoms with Crippen LogP contribution in [0.4, 0.5) is 0 Å². The summed E-state index contributed by atoms with van der Waals surface area (Å²) in [4.78, 5) is 12.2. The number of aryl methyl sites for hydroxylation is 2. The Bertz CT molecular complexity index is 689. The monoisotopic (exact) mass is 300 g/mol. The van der Waals surface area contributed by atoms with E-state index < -0.39 is 5.97 Å². The second-order valence-corrected chi connectivity index (χ2v) is 5.23. The van der Waals surface area contributed by atoms with Gasteiger partial charge >= 0.3 is 5.97 Å². The predicted octanol–water partition coefficient (Wildman–Crippen LogP) is 4.87. The first-order chi connectivity index (χ1) is 10.0. The summed E-state index contributed by atoms with van der Waals surface area (Å²) >= 11 is 5.81. The van der Waals surface area contributed by atoms with Crippen LogP contribution in [0.5, 0.6) is 0 Å². The molecule has 0 amide bonds. The van der Waals surface area contributed by atoms with Gasteiger partial charge in [0.2, 0.25) is 0 Å². The first-order valence-electron chi connectivity index (χ1n) is 6.65. The number of carbonyl (C=O) groups is 1. The minimum atomic E-state index is -0.391. The molecule has 0 N–H and O–H groups in total. The summed E-state index contributed by atoms with van der Waals surface area (Å²) in [6, 6.07) is 13.2. The van der Waals surface area contributed by atoms with Crippen LogP contribution in [-0.2, 0) is 10.6 Å². The van der Waals surface area contributed by atoms with Crippen molar-refractivity contribution in [3.8, 4) is 0 Å². The Morgan fingerprint density at radius 1 is 1.19 bits per heavy atom. The van der Waals surface area contributed by atoms with E-state index in [-0.39, 0.29) is 0 Å². The third-order valence-corrected chi connectivity index (χ3v) is 3.54. The van der Waals surface area contributed by atoms with E-state index in [2.05, 4.69) is 6.58 Å². The largest absolute Gasteiger partial charge is 0.423 e. The number of esters is 1. The first-order valence-corrected chi connectivity index (χ1v) is 7.18. The number of halogens is 1. The van der Waals surface area contributed by atoms with Crippen LogP contribution in [0.25, 0.3) is 5.76 Å². The zero-order chi connectivity index (χ0) is 15.4. The van der Waals surface area contributed by atoms with Crippen molar-refractivity contribution in [2.24, 2.45) is 0 Å². The Morgan fingerprint density at radius 3 is 2.67 bits per heavy atom. The zero-order valence-electron chi connectivity index (χ0n) is 12.2. The second kappa shape index (κ2) is 6.59. The molecule has 0 spiro atoms. The normalized spacial score (nSPS) is 10.2. The smallest absolute Gasteiger partial charge is 0.343 e. The highest BCUT2D eigenvalue weighted by Crippen LogP contribution is 2.20. The SMILES string of the molecule is C=C(OC(=O)c1cc(C)ccc1C)c1cccc(CCl)c1. The molecule has 2 nitrogen and oxygen atoms in total. The van der Waals surface area contributed by atoms with Crippen LogP contribution in [0.3, 0.4) is 0 Å². The summed E-state index contributed by atoms with van der Waals surface area (Å²) in [5.41, 5.74) is 4.17. The highest BCUT2D eigenvalue weighted by Gasteiger charge is 2.13. The van der Waals surface area contributed by atoms with Crippen LogP contribution in [-0.4, -0.2) is 5.97 Å². The zero-order valence-corrected chi connectivity index (χ0v) is 12.9. The van der Waals surface area contributed by atoms with Gasteiger partial charge in [0.05, 0.1) is 5.56 Å². The maximum atomic E-state index is 12.2. The molecule has 3 heteroatoms. The summed E-state index contributed by atoms with van der Waals surface area (Å²) in [5, 5.41) is 0. The molecule has 0 fully saturated rings. The number of alkyl halides is 1. The predicted molar refractivity (Wildman–Crippen MR) is 86.4 cm³/mol. The summed E-state index contributed by atoms with van der Waals surface area (Å²) in [6.07, 6.45) is 0. The molecule has 0 saturated heterocycles. The lowest BCUT2D eigenvalue weighted by molar-refractivity contribution is 0.0692. The van der Waals surface area contributed by atoms with Gasteiger partial charge in [-0.25, -0.2) is 4.79 Å². The molecule has 0 heterocycles. The van der Waals surface area contributed by atoms with Gasteiger partial charge in [0, 0.05) is 11.4 Å². The number of hydrogen-bond acceptors (Lipinski definition) is 2. The fraction of sp³-hybridized carbons (Fsp3) is 0.167.